The first-order chi connectivity index (χ1) is 10.00. The van der Waals surface area contributed by atoms with Gasteiger partial charge in [0.05, 0.1) is 0 Å². The molecular formula is C14H14IN3O3. The molecule has 1 aromatic carbocycles. The van der Waals surface area contributed by atoms with Crippen molar-refractivity contribution < 1.29 is 14.4 Å². The molecule has 2 N–H and O–H groups in total. The fourth-order valence-electron chi connectivity index (χ4n) is 2.75. The number of hydrogen-bond donors (Lipinski definition) is 2. The molecule has 0 atom stereocenters. The van der Waals surface area contributed by atoms with Gasteiger partial charge in [-0.1, -0.05) is 0 Å². The fourth-order valence-corrected chi connectivity index (χ4v) is 3.11. The Labute approximate surface area is 135 Å². The van der Waals surface area contributed by atoms with Crippen LogP contribution in [0.5, 0.6) is 0 Å². The third-order valence-corrected chi connectivity index (χ3v) is 4.73. The SMILES string of the molecule is O=C1NC(=O)C2(CCN(C(=O)c3ccc(I)cc3)CC2)N1. The summed E-state index contributed by atoms with van der Waals surface area (Å²) >= 11 is 2.19. The first-order valence-corrected chi connectivity index (χ1v) is 7.76. The van der Waals surface area contributed by atoms with Crippen LogP contribution in [0.3, 0.4) is 0 Å². The van der Waals surface area contributed by atoms with E-state index in [4.69, 9.17) is 0 Å². The van der Waals surface area contributed by atoms with Crippen LogP contribution in [-0.2, 0) is 4.79 Å². The lowest BCUT2D eigenvalue weighted by atomic mass is 9.87. The van der Waals surface area contributed by atoms with Crippen molar-refractivity contribution in [2.75, 3.05) is 13.1 Å². The molecule has 0 bridgehead atoms. The van der Waals surface area contributed by atoms with Crippen LogP contribution in [-0.4, -0.2) is 41.4 Å². The lowest BCUT2D eigenvalue weighted by molar-refractivity contribution is -0.125. The van der Waals surface area contributed by atoms with Gasteiger partial charge in [-0.15, -0.1) is 0 Å². The smallest absolute Gasteiger partial charge is 0.322 e. The monoisotopic (exact) mass is 399 g/mol. The van der Waals surface area contributed by atoms with Crippen LogP contribution in [0.4, 0.5) is 4.79 Å². The summed E-state index contributed by atoms with van der Waals surface area (Å²) in [7, 11) is 0. The number of halogens is 1. The molecule has 0 aliphatic carbocycles. The van der Waals surface area contributed by atoms with Gasteiger partial charge in [-0.05, 0) is 59.7 Å². The number of likely N-dealkylation sites (tertiary alicyclic amines) is 1. The molecule has 0 radical (unpaired) electrons. The second kappa shape index (κ2) is 5.28. The van der Waals surface area contributed by atoms with E-state index in [1.807, 2.05) is 12.1 Å². The van der Waals surface area contributed by atoms with Crippen molar-refractivity contribution in [2.24, 2.45) is 0 Å². The Bertz CT molecular complexity index is 606. The van der Waals surface area contributed by atoms with E-state index in [-0.39, 0.29) is 11.8 Å². The molecule has 0 aromatic heterocycles. The number of carbonyl (C=O) groups excluding carboxylic acids is 3. The van der Waals surface area contributed by atoms with Crippen LogP contribution in [0, 0.1) is 3.57 Å². The zero-order valence-corrected chi connectivity index (χ0v) is 13.3. The molecule has 110 valence electrons. The lowest BCUT2D eigenvalue weighted by Gasteiger charge is -2.37. The Morgan fingerprint density at radius 1 is 1.14 bits per heavy atom. The van der Waals surface area contributed by atoms with Crippen molar-refractivity contribution in [3.63, 3.8) is 0 Å². The van der Waals surface area contributed by atoms with Gasteiger partial charge in [-0.25, -0.2) is 4.79 Å². The van der Waals surface area contributed by atoms with Crippen molar-refractivity contribution in [1.29, 1.82) is 0 Å². The Balaban J connectivity index is 1.68. The van der Waals surface area contributed by atoms with Crippen LogP contribution >= 0.6 is 22.6 Å². The van der Waals surface area contributed by atoms with E-state index in [1.54, 1.807) is 17.0 Å². The van der Waals surface area contributed by atoms with Crippen molar-refractivity contribution in [1.82, 2.24) is 15.5 Å². The van der Waals surface area contributed by atoms with Crippen LogP contribution < -0.4 is 10.6 Å². The average Bonchev–Trinajstić information content (AvgIpc) is 2.74. The second-order valence-corrected chi connectivity index (χ2v) is 6.54. The summed E-state index contributed by atoms with van der Waals surface area (Å²) in [6.45, 7) is 0.914. The Morgan fingerprint density at radius 3 is 2.29 bits per heavy atom. The maximum Gasteiger partial charge on any atom is 0.322 e. The molecule has 7 heteroatoms. The first kappa shape index (κ1) is 14.3. The Kier molecular flexibility index (Phi) is 3.60. The Hall–Kier alpha value is -1.64. The number of rotatable bonds is 1. The number of nitrogens with one attached hydrogen (secondary N) is 2. The fraction of sp³-hybridized carbons (Fsp3) is 0.357. The van der Waals surface area contributed by atoms with Gasteiger partial charge in [0.25, 0.3) is 11.8 Å². The number of imide groups is 1. The highest BCUT2D eigenvalue weighted by Gasteiger charge is 2.48. The number of piperidine rings is 1. The van der Waals surface area contributed by atoms with E-state index in [0.29, 0.717) is 31.5 Å². The van der Waals surface area contributed by atoms with E-state index >= 15 is 0 Å². The number of amides is 4. The van der Waals surface area contributed by atoms with Gasteiger partial charge in [0.1, 0.15) is 5.54 Å². The maximum absolute atomic E-state index is 12.4. The Morgan fingerprint density at radius 2 is 1.76 bits per heavy atom. The normalized spacial score (nSPS) is 20.3. The summed E-state index contributed by atoms with van der Waals surface area (Å²) in [6.07, 6.45) is 0.890. The molecule has 1 spiro atoms. The third kappa shape index (κ3) is 2.61. The summed E-state index contributed by atoms with van der Waals surface area (Å²) in [5.41, 5.74) is -0.189. The van der Waals surface area contributed by atoms with Crippen LogP contribution in [0.25, 0.3) is 0 Å². The molecule has 1 aromatic rings. The number of hydrogen-bond acceptors (Lipinski definition) is 3. The maximum atomic E-state index is 12.4. The molecule has 21 heavy (non-hydrogen) atoms. The predicted octanol–water partition coefficient (Wildman–Crippen LogP) is 1.11. The average molecular weight is 399 g/mol. The van der Waals surface area contributed by atoms with Crippen molar-refractivity contribution in [3.8, 4) is 0 Å². The summed E-state index contributed by atoms with van der Waals surface area (Å²) in [5.74, 6) is -0.320. The van der Waals surface area contributed by atoms with Gasteiger partial charge in [0.2, 0.25) is 0 Å². The van der Waals surface area contributed by atoms with E-state index in [1.165, 1.54) is 0 Å². The van der Waals surface area contributed by atoms with Gasteiger partial charge >= 0.3 is 6.03 Å². The van der Waals surface area contributed by atoms with Crippen LogP contribution in [0.2, 0.25) is 0 Å². The number of carbonyl (C=O) groups is 3. The summed E-state index contributed by atoms with van der Waals surface area (Å²) in [5, 5.41) is 4.95. The van der Waals surface area contributed by atoms with Gasteiger partial charge in [-0.3, -0.25) is 14.9 Å². The van der Waals surface area contributed by atoms with E-state index in [2.05, 4.69) is 33.2 Å². The molecule has 0 unspecified atom stereocenters. The van der Waals surface area contributed by atoms with Gasteiger partial charge in [-0.2, -0.15) is 0 Å². The zero-order chi connectivity index (χ0) is 15.0. The van der Waals surface area contributed by atoms with E-state index < -0.39 is 11.6 Å². The molecule has 0 saturated carbocycles. The van der Waals surface area contributed by atoms with E-state index in [0.717, 1.165) is 3.57 Å². The minimum Gasteiger partial charge on any atom is -0.338 e. The zero-order valence-electron chi connectivity index (χ0n) is 11.2. The topological polar surface area (TPSA) is 78.5 Å². The predicted molar refractivity (Wildman–Crippen MR) is 83.7 cm³/mol. The van der Waals surface area contributed by atoms with Crippen LogP contribution in [0.1, 0.15) is 23.2 Å². The largest absolute Gasteiger partial charge is 0.338 e. The molecule has 2 fully saturated rings. The standard InChI is InChI=1S/C14H14IN3O3/c15-10-3-1-9(2-4-10)11(19)18-7-5-14(6-8-18)12(20)16-13(21)17-14/h1-4H,5-8H2,(H2,16,17,20,21). The van der Waals surface area contributed by atoms with Crippen LogP contribution in [0.15, 0.2) is 24.3 Å². The van der Waals surface area contributed by atoms with Gasteiger partial charge in [0, 0.05) is 22.2 Å². The summed E-state index contributed by atoms with van der Waals surface area (Å²) in [6, 6.07) is 6.95. The van der Waals surface area contributed by atoms with Crippen molar-refractivity contribution in [3.05, 3.63) is 33.4 Å². The third-order valence-electron chi connectivity index (χ3n) is 4.01. The van der Waals surface area contributed by atoms with Gasteiger partial charge < -0.3 is 10.2 Å². The molecule has 2 aliphatic heterocycles. The summed E-state index contributed by atoms with van der Waals surface area (Å²) < 4.78 is 1.08. The quantitative estimate of drug-likeness (QED) is 0.549. The highest BCUT2D eigenvalue weighted by Crippen LogP contribution is 2.26. The second-order valence-electron chi connectivity index (χ2n) is 5.29. The highest BCUT2D eigenvalue weighted by atomic mass is 127. The molecule has 4 amide bonds. The minimum absolute atomic E-state index is 0.0361. The molecule has 2 heterocycles. The van der Waals surface area contributed by atoms with Crippen molar-refractivity contribution in [2.45, 2.75) is 18.4 Å². The molecule has 2 aliphatic rings. The molecule has 3 rings (SSSR count). The minimum atomic E-state index is -0.833. The van der Waals surface area contributed by atoms with E-state index in [9.17, 15) is 14.4 Å². The van der Waals surface area contributed by atoms with Gasteiger partial charge in [0.15, 0.2) is 0 Å². The number of nitrogens with zero attached hydrogens (tertiary/aromatic N) is 1. The lowest BCUT2D eigenvalue weighted by Crippen LogP contribution is -2.55. The number of urea groups is 1. The first-order valence-electron chi connectivity index (χ1n) is 6.69. The molecular weight excluding hydrogens is 385 g/mol. The highest BCUT2D eigenvalue weighted by molar-refractivity contribution is 14.1. The van der Waals surface area contributed by atoms with Crippen molar-refractivity contribution >= 4 is 40.4 Å². The molecule has 2 saturated heterocycles. The number of benzene rings is 1. The molecule has 6 nitrogen and oxygen atoms in total. The summed E-state index contributed by atoms with van der Waals surface area (Å²) in [4.78, 5) is 37.2.